The number of amides is 1. The molecule has 0 bridgehead atoms. The predicted octanol–water partition coefficient (Wildman–Crippen LogP) is 1.11. The molecule has 0 saturated heterocycles. The number of hydrogen-bond donors (Lipinski definition) is 3. The minimum Gasteiger partial charge on any atom is -0.391 e. The van der Waals surface area contributed by atoms with Crippen molar-refractivity contribution in [3.63, 3.8) is 0 Å². The molecule has 6 nitrogen and oxygen atoms in total. The van der Waals surface area contributed by atoms with Crippen molar-refractivity contribution in [2.75, 3.05) is 11.9 Å². The first-order valence-corrected chi connectivity index (χ1v) is 7.50. The Labute approximate surface area is 138 Å². The van der Waals surface area contributed by atoms with E-state index in [9.17, 15) is 19.5 Å². The fraction of sp³-hybridized carbons (Fsp3) is 0.167. The number of rotatable bonds is 5. The summed E-state index contributed by atoms with van der Waals surface area (Å²) in [7, 11) is 0. The highest BCUT2D eigenvalue weighted by Gasteiger charge is 2.31. The zero-order valence-electron chi connectivity index (χ0n) is 12.8. The number of aliphatic hydroxyl groups is 1. The number of nitrogens with two attached hydrogens (primary N) is 1. The van der Waals surface area contributed by atoms with E-state index in [1.54, 1.807) is 42.5 Å². The molecule has 0 fully saturated rings. The van der Waals surface area contributed by atoms with Crippen LogP contribution in [0.2, 0.25) is 0 Å². The molecule has 1 aliphatic carbocycles. The normalized spacial score (nSPS) is 13.9. The molecule has 24 heavy (non-hydrogen) atoms. The van der Waals surface area contributed by atoms with Gasteiger partial charge in [-0.2, -0.15) is 0 Å². The van der Waals surface area contributed by atoms with Gasteiger partial charge in [-0.05, 0) is 6.07 Å². The van der Waals surface area contributed by atoms with Gasteiger partial charge in [-0.1, -0.05) is 36.4 Å². The van der Waals surface area contributed by atoms with Gasteiger partial charge in [-0.15, -0.1) is 0 Å². The number of anilines is 1. The highest BCUT2D eigenvalue weighted by molar-refractivity contribution is 6.30. The SMILES string of the molecule is NC(=O)CC(O)CNc1cccc2c1C(=O)c1ccccc1C2=O. The third-order valence-electron chi connectivity index (χ3n) is 3.92. The van der Waals surface area contributed by atoms with E-state index in [0.717, 1.165) is 0 Å². The summed E-state index contributed by atoms with van der Waals surface area (Å²) in [6.07, 6.45) is -1.15. The summed E-state index contributed by atoms with van der Waals surface area (Å²) in [5.41, 5.74) is 6.85. The van der Waals surface area contributed by atoms with Crippen LogP contribution in [0.25, 0.3) is 0 Å². The molecule has 0 radical (unpaired) electrons. The summed E-state index contributed by atoms with van der Waals surface area (Å²) in [6.45, 7) is 0.0442. The Kier molecular flexibility index (Phi) is 4.14. The Bertz CT molecular complexity index is 845. The van der Waals surface area contributed by atoms with Gasteiger partial charge in [0.25, 0.3) is 0 Å². The average Bonchev–Trinajstić information content (AvgIpc) is 2.57. The summed E-state index contributed by atoms with van der Waals surface area (Å²) in [6, 6.07) is 11.6. The Hall–Kier alpha value is -2.99. The van der Waals surface area contributed by atoms with Crippen LogP contribution < -0.4 is 11.1 Å². The molecule has 0 aromatic heterocycles. The van der Waals surface area contributed by atoms with Gasteiger partial charge < -0.3 is 16.2 Å². The lowest BCUT2D eigenvalue weighted by molar-refractivity contribution is -0.119. The van der Waals surface area contributed by atoms with E-state index in [2.05, 4.69) is 5.32 Å². The molecule has 0 spiro atoms. The standard InChI is InChI=1S/C18H16N2O4/c19-15(22)8-10(21)9-20-14-7-3-6-13-16(14)18(24)12-5-2-1-4-11(12)17(13)23/h1-7,10,20-21H,8-9H2,(H2,19,22). The molecule has 122 valence electrons. The predicted molar refractivity (Wildman–Crippen MR) is 88.1 cm³/mol. The molecule has 0 heterocycles. The smallest absolute Gasteiger partial charge is 0.220 e. The first kappa shape index (κ1) is 15.9. The Morgan fingerprint density at radius 1 is 1.00 bits per heavy atom. The third kappa shape index (κ3) is 2.79. The lowest BCUT2D eigenvalue weighted by atomic mass is 9.83. The van der Waals surface area contributed by atoms with Crippen LogP contribution in [0, 0.1) is 0 Å². The zero-order chi connectivity index (χ0) is 17.3. The maximum Gasteiger partial charge on any atom is 0.220 e. The number of fused-ring (bicyclic) bond motifs is 2. The summed E-state index contributed by atoms with van der Waals surface area (Å²) < 4.78 is 0. The molecule has 2 aromatic carbocycles. The van der Waals surface area contributed by atoms with Crippen molar-refractivity contribution in [1.29, 1.82) is 0 Å². The van der Waals surface area contributed by atoms with Crippen LogP contribution in [0.15, 0.2) is 42.5 Å². The second kappa shape index (κ2) is 6.25. The molecule has 4 N–H and O–H groups in total. The molecular weight excluding hydrogens is 308 g/mol. The zero-order valence-corrected chi connectivity index (χ0v) is 12.8. The fourth-order valence-electron chi connectivity index (χ4n) is 2.82. The number of carbonyl (C=O) groups is 3. The van der Waals surface area contributed by atoms with Crippen LogP contribution in [0.4, 0.5) is 5.69 Å². The number of primary amides is 1. The van der Waals surface area contributed by atoms with Crippen LogP contribution in [0.3, 0.4) is 0 Å². The van der Waals surface area contributed by atoms with Gasteiger partial charge in [-0.25, -0.2) is 0 Å². The van der Waals surface area contributed by atoms with Crippen molar-refractivity contribution in [1.82, 2.24) is 0 Å². The topological polar surface area (TPSA) is 109 Å². The Morgan fingerprint density at radius 3 is 2.29 bits per heavy atom. The summed E-state index contributed by atoms with van der Waals surface area (Å²) in [5, 5.41) is 12.7. The van der Waals surface area contributed by atoms with Gasteiger partial charge in [0.05, 0.1) is 18.1 Å². The number of nitrogens with one attached hydrogen (secondary N) is 1. The summed E-state index contributed by atoms with van der Waals surface area (Å²) in [4.78, 5) is 36.2. The van der Waals surface area contributed by atoms with Crippen LogP contribution in [-0.2, 0) is 4.79 Å². The van der Waals surface area contributed by atoms with E-state index in [4.69, 9.17) is 5.73 Å². The minimum absolute atomic E-state index is 0.0442. The monoisotopic (exact) mass is 324 g/mol. The minimum atomic E-state index is -0.972. The second-order valence-electron chi connectivity index (χ2n) is 5.64. The summed E-state index contributed by atoms with van der Waals surface area (Å²) >= 11 is 0. The van der Waals surface area contributed by atoms with E-state index in [0.29, 0.717) is 22.4 Å². The Balaban J connectivity index is 1.94. The summed E-state index contributed by atoms with van der Waals surface area (Å²) in [5.74, 6) is -1.06. The van der Waals surface area contributed by atoms with Gasteiger partial charge in [0.1, 0.15) is 0 Å². The first-order valence-electron chi connectivity index (χ1n) is 7.50. The molecule has 1 unspecified atom stereocenters. The molecule has 1 atom stereocenters. The molecular formula is C18H16N2O4. The quantitative estimate of drug-likeness (QED) is 0.651. The van der Waals surface area contributed by atoms with Crippen molar-refractivity contribution < 1.29 is 19.5 Å². The Morgan fingerprint density at radius 2 is 1.62 bits per heavy atom. The average molecular weight is 324 g/mol. The molecule has 1 amide bonds. The molecule has 3 rings (SSSR count). The van der Waals surface area contributed by atoms with Gasteiger partial charge in [0.15, 0.2) is 11.6 Å². The molecule has 1 aliphatic rings. The molecule has 0 saturated carbocycles. The number of hydrogen-bond acceptors (Lipinski definition) is 5. The van der Waals surface area contributed by atoms with Gasteiger partial charge in [0, 0.05) is 28.9 Å². The van der Waals surface area contributed by atoms with E-state index < -0.39 is 12.0 Å². The van der Waals surface area contributed by atoms with E-state index in [-0.39, 0.29) is 30.1 Å². The van der Waals surface area contributed by atoms with Gasteiger partial charge in [0.2, 0.25) is 5.91 Å². The lowest BCUT2D eigenvalue weighted by Crippen LogP contribution is -2.28. The van der Waals surface area contributed by atoms with Crippen molar-refractivity contribution in [3.05, 3.63) is 64.7 Å². The van der Waals surface area contributed by atoms with Gasteiger partial charge >= 0.3 is 0 Å². The number of ketones is 2. The van der Waals surface area contributed by atoms with Crippen LogP contribution in [0.1, 0.15) is 38.3 Å². The van der Waals surface area contributed by atoms with Gasteiger partial charge in [-0.3, -0.25) is 14.4 Å². The molecule has 0 aliphatic heterocycles. The second-order valence-corrected chi connectivity index (χ2v) is 5.64. The lowest BCUT2D eigenvalue weighted by Gasteiger charge is -2.21. The van der Waals surface area contributed by atoms with Crippen LogP contribution >= 0.6 is 0 Å². The largest absolute Gasteiger partial charge is 0.391 e. The van der Waals surface area contributed by atoms with Crippen LogP contribution in [0.5, 0.6) is 0 Å². The van der Waals surface area contributed by atoms with E-state index >= 15 is 0 Å². The highest BCUT2D eigenvalue weighted by Crippen LogP contribution is 2.31. The van der Waals surface area contributed by atoms with E-state index in [1.807, 2.05) is 0 Å². The maximum absolute atomic E-state index is 12.8. The third-order valence-corrected chi connectivity index (χ3v) is 3.92. The van der Waals surface area contributed by atoms with Crippen LogP contribution in [-0.4, -0.2) is 35.2 Å². The highest BCUT2D eigenvalue weighted by atomic mass is 16.3. The van der Waals surface area contributed by atoms with Crippen molar-refractivity contribution in [3.8, 4) is 0 Å². The number of carbonyl (C=O) groups excluding carboxylic acids is 3. The first-order chi connectivity index (χ1) is 11.5. The molecule has 2 aromatic rings. The van der Waals surface area contributed by atoms with E-state index in [1.165, 1.54) is 0 Å². The number of aliphatic hydroxyl groups excluding tert-OH is 1. The van der Waals surface area contributed by atoms with Crippen molar-refractivity contribution in [2.45, 2.75) is 12.5 Å². The molecule has 6 heteroatoms. The van der Waals surface area contributed by atoms with Crippen molar-refractivity contribution >= 4 is 23.2 Å². The number of benzene rings is 2. The maximum atomic E-state index is 12.8. The fourth-order valence-corrected chi connectivity index (χ4v) is 2.82. The van der Waals surface area contributed by atoms with Crippen molar-refractivity contribution in [2.24, 2.45) is 5.73 Å².